The lowest BCUT2D eigenvalue weighted by Crippen LogP contribution is -2.28. The number of fused-ring (bicyclic) bond motifs is 6. The molecule has 0 bridgehead atoms. The summed E-state index contributed by atoms with van der Waals surface area (Å²) < 4.78 is 0. The summed E-state index contributed by atoms with van der Waals surface area (Å²) in [6.07, 6.45) is 3.99. The third kappa shape index (κ3) is 3.15. The molecule has 1 heterocycles. The molecular formula is C29H28N2O. The molecule has 1 aliphatic carbocycles. The first-order valence-corrected chi connectivity index (χ1v) is 11.2. The lowest BCUT2D eigenvalue weighted by molar-refractivity contribution is -0.114. The number of hydrogen-bond donors (Lipinski definition) is 0. The smallest absolute Gasteiger partial charge is 0.186 e. The third-order valence-corrected chi connectivity index (χ3v) is 6.28. The summed E-state index contributed by atoms with van der Waals surface area (Å²) in [6, 6.07) is 16.8. The first-order valence-electron chi connectivity index (χ1n) is 11.2. The van der Waals surface area contributed by atoms with Gasteiger partial charge in [-0.3, -0.25) is 4.79 Å². The number of Topliss-reactive ketones (excluding diaryl/α,β-unsaturated/α-hetero) is 1. The van der Waals surface area contributed by atoms with Gasteiger partial charge in [0, 0.05) is 27.5 Å². The SMILES string of the molecule is CC(C)(C)C1=CC(=C2N=c3c(c4ccccc4c4ccccc34)=N2)C=C(C(C)(C)C)C1=O. The topological polar surface area (TPSA) is 41.8 Å². The van der Waals surface area contributed by atoms with Gasteiger partial charge in [-0.25, -0.2) is 9.98 Å². The van der Waals surface area contributed by atoms with E-state index in [2.05, 4.69) is 77.9 Å². The zero-order chi connectivity index (χ0) is 22.8. The second-order valence-electron chi connectivity index (χ2n) is 10.7. The van der Waals surface area contributed by atoms with Crippen LogP contribution in [0.25, 0.3) is 21.5 Å². The molecule has 2 aliphatic rings. The van der Waals surface area contributed by atoms with E-state index in [0.29, 0.717) is 5.82 Å². The largest absolute Gasteiger partial charge is 0.289 e. The minimum atomic E-state index is -0.265. The number of ketones is 1. The average Bonchev–Trinajstić information content (AvgIpc) is 3.18. The van der Waals surface area contributed by atoms with Gasteiger partial charge < -0.3 is 0 Å². The molecule has 0 unspecified atom stereocenters. The van der Waals surface area contributed by atoms with Crippen molar-refractivity contribution in [1.29, 1.82) is 0 Å². The van der Waals surface area contributed by atoms with Gasteiger partial charge in [0.05, 0.1) is 10.7 Å². The summed E-state index contributed by atoms with van der Waals surface area (Å²) in [5.41, 5.74) is 1.99. The van der Waals surface area contributed by atoms with Crippen LogP contribution in [0.15, 0.2) is 93.2 Å². The maximum absolute atomic E-state index is 13.3. The van der Waals surface area contributed by atoms with Crippen molar-refractivity contribution in [3.8, 4) is 0 Å². The lowest BCUT2D eigenvalue weighted by atomic mass is 9.72. The number of rotatable bonds is 0. The van der Waals surface area contributed by atoms with Gasteiger partial charge in [-0.05, 0) is 33.8 Å². The minimum absolute atomic E-state index is 0.126. The molecule has 3 aromatic rings. The van der Waals surface area contributed by atoms with Crippen LogP contribution < -0.4 is 10.7 Å². The lowest BCUT2D eigenvalue weighted by Gasteiger charge is -2.31. The molecule has 0 N–H and O–H groups in total. The predicted octanol–water partition coefficient (Wildman–Crippen LogP) is 5.99. The van der Waals surface area contributed by atoms with E-state index in [0.717, 1.165) is 38.2 Å². The van der Waals surface area contributed by atoms with E-state index in [-0.39, 0.29) is 16.6 Å². The van der Waals surface area contributed by atoms with Crippen molar-refractivity contribution in [2.45, 2.75) is 41.5 Å². The average molecular weight is 421 g/mol. The van der Waals surface area contributed by atoms with E-state index >= 15 is 0 Å². The van der Waals surface area contributed by atoms with Crippen molar-refractivity contribution in [2.24, 2.45) is 20.8 Å². The highest BCUT2D eigenvalue weighted by Gasteiger charge is 2.34. The van der Waals surface area contributed by atoms with Gasteiger partial charge in [-0.1, -0.05) is 90.1 Å². The summed E-state index contributed by atoms with van der Waals surface area (Å²) in [7, 11) is 0. The number of allylic oxidation sites excluding steroid dienone is 5. The molecule has 0 amide bonds. The van der Waals surface area contributed by atoms with Crippen LogP contribution in [0.3, 0.4) is 0 Å². The monoisotopic (exact) mass is 420 g/mol. The maximum atomic E-state index is 13.3. The zero-order valence-corrected chi connectivity index (χ0v) is 19.6. The molecule has 0 saturated carbocycles. The molecular weight excluding hydrogens is 392 g/mol. The van der Waals surface area contributed by atoms with Crippen LogP contribution in [0, 0.1) is 10.8 Å². The van der Waals surface area contributed by atoms with Gasteiger partial charge >= 0.3 is 0 Å². The third-order valence-electron chi connectivity index (χ3n) is 6.28. The van der Waals surface area contributed by atoms with Crippen LogP contribution in [0.1, 0.15) is 41.5 Å². The highest BCUT2D eigenvalue weighted by atomic mass is 16.1. The normalized spacial score (nSPS) is 16.6. The van der Waals surface area contributed by atoms with Gasteiger partial charge in [0.2, 0.25) is 0 Å². The Kier molecular flexibility index (Phi) is 4.39. The molecule has 0 aromatic heterocycles. The van der Waals surface area contributed by atoms with Crippen LogP contribution in [0.2, 0.25) is 0 Å². The van der Waals surface area contributed by atoms with Crippen molar-refractivity contribution in [2.75, 3.05) is 0 Å². The Morgan fingerprint density at radius 1 is 0.594 bits per heavy atom. The fraction of sp³-hybridized carbons (Fsp3) is 0.276. The standard InChI is InChI=1S/C29H28N2O/c1-28(2,3)22-15-17(16-23(26(22)32)29(4,5)6)27-30-24-20-13-9-7-11-18(20)19-12-8-10-14-21(19)25(24)31-27/h7-16H,1-6H3. The summed E-state index contributed by atoms with van der Waals surface area (Å²) in [5, 5.41) is 6.40. The van der Waals surface area contributed by atoms with E-state index in [4.69, 9.17) is 9.98 Å². The van der Waals surface area contributed by atoms with Gasteiger partial charge in [0.25, 0.3) is 0 Å². The van der Waals surface area contributed by atoms with Crippen molar-refractivity contribution >= 4 is 27.3 Å². The van der Waals surface area contributed by atoms with E-state index in [1.807, 2.05) is 24.3 Å². The van der Waals surface area contributed by atoms with E-state index in [1.54, 1.807) is 0 Å². The number of carbonyl (C=O) groups is 1. The molecule has 0 atom stereocenters. The Hall–Kier alpha value is -3.33. The molecule has 32 heavy (non-hydrogen) atoms. The van der Waals surface area contributed by atoms with E-state index in [9.17, 15) is 4.79 Å². The maximum Gasteiger partial charge on any atom is 0.186 e. The van der Waals surface area contributed by atoms with Crippen LogP contribution >= 0.6 is 0 Å². The van der Waals surface area contributed by atoms with Gasteiger partial charge in [0.15, 0.2) is 11.6 Å². The Morgan fingerprint density at radius 2 is 0.969 bits per heavy atom. The quantitative estimate of drug-likeness (QED) is 0.412. The van der Waals surface area contributed by atoms with Crippen molar-refractivity contribution < 1.29 is 4.79 Å². The van der Waals surface area contributed by atoms with Gasteiger partial charge in [-0.2, -0.15) is 0 Å². The second kappa shape index (κ2) is 6.83. The molecule has 0 spiro atoms. The molecule has 5 rings (SSSR count). The summed E-state index contributed by atoms with van der Waals surface area (Å²) in [6.45, 7) is 12.5. The molecule has 3 nitrogen and oxygen atoms in total. The Morgan fingerprint density at radius 3 is 1.34 bits per heavy atom. The minimum Gasteiger partial charge on any atom is -0.289 e. The zero-order valence-electron chi connectivity index (χ0n) is 19.6. The Balaban J connectivity index is 1.88. The first kappa shape index (κ1) is 20.6. The highest BCUT2D eigenvalue weighted by Crippen LogP contribution is 2.39. The van der Waals surface area contributed by atoms with E-state index in [1.165, 1.54) is 10.8 Å². The number of benzene rings is 3. The summed E-state index contributed by atoms with van der Waals surface area (Å²) >= 11 is 0. The van der Waals surface area contributed by atoms with Crippen LogP contribution in [0.5, 0.6) is 0 Å². The van der Waals surface area contributed by atoms with Crippen molar-refractivity contribution in [3.05, 3.63) is 93.9 Å². The number of hydrogen-bond acceptors (Lipinski definition) is 3. The molecule has 0 radical (unpaired) electrons. The first-order chi connectivity index (χ1) is 15.1. The predicted molar refractivity (Wildman–Crippen MR) is 131 cm³/mol. The van der Waals surface area contributed by atoms with Crippen LogP contribution in [0.4, 0.5) is 0 Å². The van der Waals surface area contributed by atoms with Crippen LogP contribution in [-0.2, 0) is 4.79 Å². The van der Waals surface area contributed by atoms with Crippen LogP contribution in [-0.4, -0.2) is 5.78 Å². The van der Waals surface area contributed by atoms with Gasteiger partial charge in [0.1, 0.15) is 0 Å². The van der Waals surface area contributed by atoms with Crippen molar-refractivity contribution in [1.82, 2.24) is 0 Å². The molecule has 3 aromatic carbocycles. The van der Waals surface area contributed by atoms with Crippen molar-refractivity contribution in [3.63, 3.8) is 0 Å². The molecule has 160 valence electrons. The fourth-order valence-corrected chi connectivity index (χ4v) is 4.57. The number of carbonyl (C=O) groups excluding carboxylic acids is 1. The van der Waals surface area contributed by atoms with E-state index < -0.39 is 0 Å². The van der Waals surface area contributed by atoms with Gasteiger partial charge in [-0.15, -0.1) is 0 Å². The Bertz CT molecular complexity index is 1420. The molecule has 1 aliphatic heterocycles. The second-order valence-corrected chi connectivity index (χ2v) is 10.7. The molecule has 3 heteroatoms. The Labute approximate surface area is 188 Å². The fourth-order valence-electron chi connectivity index (χ4n) is 4.57. The molecule has 0 fully saturated rings. The summed E-state index contributed by atoms with van der Waals surface area (Å²) in [5.74, 6) is 0.804. The number of nitrogens with zero attached hydrogens (tertiary/aromatic N) is 2. The highest BCUT2D eigenvalue weighted by molar-refractivity contribution is 6.12. The summed E-state index contributed by atoms with van der Waals surface area (Å²) in [4.78, 5) is 23.4. The molecule has 0 saturated heterocycles.